The number of esters is 1. The summed E-state index contributed by atoms with van der Waals surface area (Å²) in [5, 5.41) is 12.5. The van der Waals surface area contributed by atoms with Crippen molar-refractivity contribution >= 4 is 51.0 Å². The van der Waals surface area contributed by atoms with Gasteiger partial charge in [0, 0.05) is 55.1 Å². The van der Waals surface area contributed by atoms with E-state index in [9.17, 15) is 19.5 Å². The van der Waals surface area contributed by atoms with Gasteiger partial charge in [0.25, 0.3) is 5.91 Å². The summed E-state index contributed by atoms with van der Waals surface area (Å²) in [6.45, 7) is 6.28. The number of carbonyl (C=O) groups excluding carboxylic acids is 4. The number of ether oxygens (including phenoxy) is 2. The molecule has 3 amide bonds. The average Bonchev–Trinajstić information content (AvgIpc) is 3.73. The van der Waals surface area contributed by atoms with E-state index in [1.54, 1.807) is 9.80 Å². The predicted molar refractivity (Wildman–Crippen MR) is 197 cm³/mol. The maximum absolute atomic E-state index is 15.1. The lowest BCUT2D eigenvalue weighted by atomic mass is 9.74. The smallest absolute Gasteiger partial charge is 0.306 e. The number of hydrogen-bond donors (Lipinski definition) is 2. The lowest BCUT2D eigenvalue weighted by Crippen LogP contribution is -2.56. The normalized spacial score (nSPS) is 28.7. The Kier molecular flexibility index (Phi) is 11.6. The molecule has 6 rings (SSSR count). The molecule has 0 aliphatic carbocycles. The molecule has 0 saturated carbocycles. The van der Waals surface area contributed by atoms with Crippen LogP contribution in [0.1, 0.15) is 57.6 Å². The quantitative estimate of drug-likeness (QED) is 0.204. The summed E-state index contributed by atoms with van der Waals surface area (Å²) in [7, 11) is 0. The maximum Gasteiger partial charge on any atom is 0.306 e. The van der Waals surface area contributed by atoms with Crippen molar-refractivity contribution in [3.63, 3.8) is 0 Å². The van der Waals surface area contributed by atoms with Crippen molar-refractivity contribution in [2.24, 2.45) is 11.8 Å². The van der Waals surface area contributed by atoms with Gasteiger partial charge in [0.15, 0.2) is 0 Å². The van der Waals surface area contributed by atoms with Crippen LogP contribution in [-0.2, 0) is 28.7 Å². The summed E-state index contributed by atoms with van der Waals surface area (Å²) in [6.07, 6.45) is 7.12. The minimum atomic E-state index is -1.39. The standard InChI is InChI=1S/C39H47BrN4O7/c1-3-42(4-2)27-17-19-28(20-18-27)43-21-11-6-10-16-31(46)50-25-30(26-14-8-5-9-15-26)41-36(47)32-33-37(48)44(22-12-7-13-23-45)35(38(43)49)39(33)24-29(40)34(32)51-39/h5-6,8-9,11,14-15,17-20,24,30,32-35,45H,3-4,7,10,12-13,16,21-23,25H2,1-2H3,(H,41,47)/b11-6-/t30-,32-,33+,34-,35-,39+/m0/s1. The number of anilines is 2. The summed E-state index contributed by atoms with van der Waals surface area (Å²) in [5.74, 6) is -3.34. The summed E-state index contributed by atoms with van der Waals surface area (Å²) in [4.78, 5) is 62.4. The first-order valence-corrected chi connectivity index (χ1v) is 18.8. The molecule has 272 valence electrons. The first kappa shape index (κ1) is 36.8. The molecule has 51 heavy (non-hydrogen) atoms. The second-order valence-corrected chi connectivity index (χ2v) is 14.4. The maximum atomic E-state index is 15.1. The average molecular weight is 764 g/mol. The molecule has 0 unspecified atom stereocenters. The third kappa shape index (κ3) is 7.23. The Balaban J connectivity index is 1.42. The Hall–Kier alpha value is -4.00. The Labute approximate surface area is 307 Å². The van der Waals surface area contributed by atoms with E-state index in [0.29, 0.717) is 35.9 Å². The number of aliphatic hydroxyl groups excluding tert-OH is 1. The van der Waals surface area contributed by atoms with Crippen LogP contribution in [0.5, 0.6) is 0 Å². The second kappa shape index (κ2) is 16.1. The Morgan fingerprint density at radius 1 is 0.961 bits per heavy atom. The van der Waals surface area contributed by atoms with Crippen LogP contribution >= 0.6 is 15.9 Å². The predicted octanol–water partition coefficient (Wildman–Crippen LogP) is 4.65. The zero-order valence-corrected chi connectivity index (χ0v) is 30.8. The lowest BCUT2D eigenvalue weighted by Gasteiger charge is -2.36. The third-order valence-corrected chi connectivity index (χ3v) is 11.2. The van der Waals surface area contributed by atoms with Crippen molar-refractivity contribution in [3.8, 4) is 0 Å². The molecule has 2 saturated heterocycles. The number of nitrogens with one attached hydrogen (secondary N) is 1. The van der Waals surface area contributed by atoms with Crippen LogP contribution in [0, 0.1) is 11.8 Å². The van der Waals surface area contributed by atoms with Gasteiger partial charge < -0.3 is 34.6 Å². The zero-order chi connectivity index (χ0) is 36.1. The van der Waals surface area contributed by atoms with Gasteiger partial charge in [-0.05, 0) is 75.4 Å². The molecule has 5 bridgehead atoms. The second-order valence-electron chi connectivity index (χ2n) is 13.4. The molecule has 2 fully saturated rings. The van der Waals surface area contributed by atoms with Gasteiger partial charge >= 0.3 is 5.97 Å². The number of rotatable bonds is 10. The number of carbonyl (C=O) groups is 4. The van der Waals surface area contributed by atoms with E-state index in [0.717, 1.165) is 24.3 Å². The van der Waals surface area contributed by atoms with E-state index in [1.165, 1.54) is 0 Å². The highest BCUT2D eigenvalue weighted by Crippen LogP contribution is 2.58. The molecular formula is C39H47BrN4O7. The molecule has 4 heterocycles. The summed E-state index contributed by atoms with van der Waals surface area (Å²) >= 11 is 3.64. The van der Waals surface area contributed by atoms with E-state index in [4.69, 9.17) is 9.47 Å². The molecule has 2 aromatic carbocycles. The van der Waals surface area contributed by atoms with Gasteiger partial charge in [0.2, 0.25) is 11.8 Å². The van der Waals surface area contributed by atoms with Crippen molar-refractivity contribution in [1.82, 2.24) is 10.2 Å². The molecule has 2 aromatic rings. The molecule has 0 radical (unpaired) electrons. The number of hydrogen-bond acceptors (Lipinski definition) is 8. The molecule has 0 aromatic heterocycles. The molecule has 4 aliphatic rings. The number of allylic oxidation sites excluding steroid dienone is 1. The number of fused-ring (bicyclic) bond motifs is 2. The summed E-state index contributed by atoms with van der Waals surface area (Å²) in [6, 6.07) is 15.4. The Morgan fingerprint density at radius 2 is 1.71 bits per heavy atom. The van der Waals surface area contributed by atoms with E-state index in [1.807, 2.05) is 72.8 Å². The number of amides is 3. The van der Waals surface area contributed by atoms with Gasteiger partial charge in [-0.1, -0.05) is 58.4 Å². The van der Waals surface area contributed by atoms with Crippen molar-refractivity contribution in [2.75, 3.05) is 49.2 Å². The molecule has 4 aliphatic heterocycles. The van der Waals surface area contributed by atoms with Crippen molar-refractivity contribution < 1.29 is 33.8 Å². The van der Waals surface area contributed by atoms with Crippen LogP contribution in [0.3, 0.4) is 0 Å². The van der Waals surface area contributed by atoms with E-state index >= 15 is 4.79 Å². The highest BCUT2D eigenvalue weighted by atomic mass is 79.9. The molecule has 6 atom stereocenters. The van der Waals surface area contributed by atoms with E-state index < -0.39 is 47.5 Å². The highest BCUT2D eigenvalue weighted by molar-refractivity contribution is 9.11. The Morgan fingerprint density at radius 3 is 2.41 bits per heavy atom. The minimum absolute atomic E-state index is 0.0348. The Bertz CT molecular complexity index is 1650. The van der Waals surface area contributed by atoms with Gasteiger partial charge in [-0.15, -0.1) is 0 Å². The largest absolute Gasteiger partial charge is 0.463 e. The van der Waals surface area contributed by atoms with Crippen molar-refractivity contribution in [1.29, 1.82) is 0 Å². The third-order valence-electron chi connectivity index (χ3n) is 10.5. The topological polar surface area (TPSA) is 129 Å². The monoisotopic (exact) mass is 762 g/mol. The van der Waals surface area contributed by atoms with Crippen LogP contribution < -0.4 is 15.1 Å². The number of halogens is 1. The molecule has 11 nitrogen and oxygen atoms in total. The van der Waals surface area contributed by atoms with Gasteiger partial charge in [-0.2, -0.15) is 0 Å². The van der Waals surface area contributed by atoms with Crippen LogP contribution in [0.25, 0.3) is 0 Å². The van der Waals surface area contributed by atoms with Gasteiger partial charge in [0.05, 0.1) is 17.9 Å². The fourth-order valence-electron chi connectivity index (χ4n) is 7.93. The molecular weight excluding hydrogens is 716 g/mol. The van der Waals surface area contributed by atoms with Crippen LogP contribution in [-0.4, -0.2) is 90.8 Å². The van der Waals surface area contributed by atoms with E-state index in [2.05, 4.69) is 40.0 Å². The molecule has 2 N–H and O–H groups in total. The highest BCUT2D eigenvalue weighted by Gasteiger charge is 2.74. The SMILES string of the molecule is CCN(CC)c1ccc(N2C/C=C\CCC(=O)OC[C@@H](c3ccccc3)NC(=O)[C@@H]3[C@H]4O[C@@]5(C=C4Br)[C@H](C2=O)N(CCCCCO)C(=O)[C@@H]35)cc1. The fourth-order valence-corrected chi connectivity index (χ4v) is 8.67. The number of nitrogens with zero attached hydrogens (tertiary/aromatic N) is 3. The summed E-state index contributed by atoms with van der Waals surface area (Å²) < 4.78 is 13.0. The fraction of sp³-hybridized carbons (Fsp3) is 0.487. The first-order valence-electron chi connectivity index (χ1n) is 18.0. The van der Waals surface area contributed by atoms with E-state index in [-0.39, 0.29) is 44.5 Å². The van der Waals surface area contributed by atoms with Gasteiger partial charge in [-0.3, -0.25) is 19.2 Å². The number of aliphatic hydroxyl groups is 1. The molecule has 1 spiro atoms. The zero-order valence-electron chi connectivity index (χ0n) is 29.2. The number of benzene rings is 2. The summed E-state index contributed by atoms with van der Waals surface area (Å²) in [5.41, 5.74) is 1.05. The van der Waals surface area contributed by atoms with Gasteiger partial charge in [-0.25, -0.2) is 0 Å². The van der Waals surface area contributed by atoms with Crippen LogP contribution in [0.15, 0.2) is 77.3 Å². The van der Waals surface area contributed by atoms with Gasteiger partial charge in [0.1, 0.15) is 24.4 Å². The minimum Gasteiger partial charge on any atom is -0.463 e. The lowest BCUT2D eigenvalue weighted by molar-refractivity contribution is -0.145. The first-order chi connectivity index (χ1) is 24.7. The molecule has 12 heteroatoms. The van der Waals surface area contributed by atoms with Crippen LogP contribution in [0.4, 0.5) is 11.4 Å². The van der Waals surface area contributed by atoms with Crippen molar-refractivity contribution in [3.05, 3.63) is 82.9 Å². The van der Waals surface area contributed by atoms with Crippen molar-refractivity contribution in [2.45, 2.75) is 69.7 Å². The number of cyclic esters (lactones) is 1. The number of unbranched alkanes of at least 4 members (excludes halogenated alkanes) is 2. The van der Waals surface area contributed by atoms with Crippen LogP contribution in [0.2, 0.25) is 0 Å². The number of likely N-dealkylation sites (tertiary alicyclic amines) is 1.